The fourth-order valence-corrected chi connectivity index (χ4v) is 1.97. The minimum absolute atomic E-state index is 0.287. The van der Waals surface area contributed by atoms with Gasteiger partial charge in [0.25, 0.3) is 0 Å². The quantitative estimate of drug-likeness (QED) is 0.314. The molecular weight excluding hydrogens is 238 g/mol. The molecule has 0 aromatic rings. The molecule has 0 aliphatic carbocycles. The van der Waals surface area contributed by atoms with E-state index in [1.807, 2.05) is 0 Å². The Kier molecular flexibility index (Phi) is 13.0. The summed E-state index contributed by atoms with van der Waals surface area (Å²) in [5, 5.41) is 3.50. The van der Waals surface area contributed by atoms with E-state index in [4.69, 9.17) is 4.74 Å². The average molecular weight is 269 g/mol. The second-order valence-electron chi connectivity index (χ2n) is 5.04. The second kappa shape index (κ2) is 13.6. The van der Waals surface area contributed by atoms with Crippen LogP contribution in [0, 0.1) is 0 Å². The van der Waals surface area contributed by atoms with Crippen LogP contribution < -0.4 is 5.32 Å². The van der Waals surface area contributed by atoms with Crippen molar-refractivity contribution in [1.82, 2.24) is 5.32 Å². The molecule has 0 heterocycles. The van der Waals surface area contributed by atoms with E-state index in [9.17, 15) is 4.79 Å². The van der Waals surface area contributed by atoms with Crippen LogP contribution in [0.1, 0.15) is 65.2 Å². The van der Waals surface area contributed by atoms with E-state index in [0.29, 0.717) is 6.61 Å². The van der Waals surface area contributed by atoms with Crippen molar-refractivity contribution in [2.24, 2.45) is 0 Å². The molecule has 19 heavy (non-hydrogen) atoms. The number of rotatable bonds is 13. The van der Waals surface area contributed by atoms with E-state index in [0.717, 1.165) is 13.0 Å². The molecule has 0 aliphatic heterocycles. The van der Waals surface area contributed by atoms with E-state index >= 15 is 0 Å². The second-order valence-corrected chi connectivity index (χ2v) is 5.04. The molecule has 3 nitrogen and oxygen atoms in total. The molecule has 3 heteroatoms. The van der Waals surface area contributed by atoms with Crippen molar-refractivity contribution in [2.45, 2.75) is 71.3 Å². The van der Waals surface area contributed by atoms with Gasteiger partial charge in [-0.1, -0.05) is 59.0 Å². The number of hydrogen-bond acceptors (Lipinski definition) is 3. The zero-order valence-electron chi connectivity index (χ0n) is 12.7. The Hall–Kier alpha value is -0.830. The molecule has 112 valence electrons. The number of carbonyl (C=O) groups is 1. The van der Waals surface area contributed by atoms with Crippen LogP contribution in [-0.4, -0.2) is 25.2 Å². The Morgan fingerprint density at radius 1 is 1.16 bits per heavy atom. The molecule has 0 aromatic carbocycles. The van der Waals surface area contributed by atoms with Gasteiger partial charge in [0.1, 0.15) is 6.61 Å². The van der Waals surface area contributed by atoms with E-state index < -0.39 is 0 Å². The third-order valence-corrected chi connectivity index (χ3v) is 3.21. The van der Waals surface area contributed by atoms with Crippen molar-refractivity contribution in [2.75, 3.05) is 13.2 Å². The fraction of sp³-hybridized carbons (Fsp3) is 0.812. The van der Waals surface area contributed by atoms with Gasteiger partial charge in [-0.3, -0.25) is 0 Å². The van der Waals surface area contributed by atoms with Crippen molar-refractivity contribution in [3.05, 3.63) is 12.7 Å². The van der Waals surface area contributed by atoms with Gasteiger partial charge in [-0.15, -0.1) is 0 Å². The number of unbranched alkanes of at least 4 members (excludes halogenated alkanes) is 5. The van der Waals surface area contributed by atoms with Gasteiger partial charge in [0, 0.05) is 12.1 Å². The monoisotopic (exact) mass is 269 g/mol. The highest BCUT2D eigenvalue weighted by molar-refractivity contribution is 5.81. The molecule has 0 aliphatic rings. The molecule has 0 fully saturated rings. The van der Waals surface area contributed by atoms with Crippen molar-refractivity contribution in [1.29, 1.82) is 0 Å². The molecule has 0 aromatic heterocycles. The number of nitrogens with one attached hydrogen (secondary N) is 1. The summed E-state index contributed by atoms with van der Waals surface area (Å²) in [4.78, 5) is 11.1. The van der Waals surface area contributed by atoms with Gasteiger partial charge in [-0.05, 0) is 19.4 Å². The Morgan fingerprint density at radius 3 is 2.47 bits per heavy atom. The van der Waals surface area contributed by atoms with Gasteiger partial charge in [-0.2, -0.15) is 0 Å². The molecule has 0 rings (SSSR count). The van der Waals surface area contributed by atoms with Crippen LogP contribution >= 0.6 is 0 Å². The third-order valence-electron chi connectivity index (χ3n) is 3.21. The predicted molar refractivity (Wildman–Crippen MR) is 81.2 cm³/mol. The molecule has 1 atom stereocenters. The molecule has 0 amide bonds. The average Bonchev–Trinajstić information content (AvgIpc) is 2.44. The summed E-state index contributed by atoms with van der Waals surface area (Å²) in [5.41, 5.74) is 0. The topological polar surface area (TPSA) is 38.3 Å². The van der Waals surface area contributed by atoms with Crippen LogP contribution in [0.25, 0.3) is 0 Å². The molecule has 0 bridgehead atoms. The Morgan fingerprint density at radius 2 is 1.84 bits per heavy atom. The van der Waals surface area contributed by atoms with Gasteiger partial charge in [0.2, 0.25) is 0 Å². The minimum atomic E-state index is -0.328. The van der Waals surface area contributed by atoms with Crippen molar-refractivity contribution >= 4 is 5.97 Å². The van der Waals surface area contributed by atoms with E-state index in [2.05, 4.69) is 25.7 Å². The van der Waals surface area contributed by atoms with Gasteiger partial charge in [-0.25, -0.2) is 4.79 Å². The molecule has 0 saturated carbocycles. The maximum absolute atomic E-state index is 11.1. The SMILES string of the molecule is C=CC(=O)OCC(CCCC)NCCCCCCC. The molecule has 0 saturated heterocycles. The summed E-state index contributed by atoms with van der Waals surface area (Å²) in [7, 11) is 0. The Labute approximate surface area is 118 Å². The lowest BCUT2D eigenvalue weighted by Crippen LogP contribution is -2.34. The van der Waals surface area contributed by atoms with Crippen molar-refractivity contribution in [3.8, 4) is 0 Å². The first-order valence-electron chi connectivity index (χ1n) is 7.77. The van der Waals surface area contributed by atoms with Crippen LogP contribution in [0.4, 0.5) is 0 Å². The lowest BCUT2D eigenvalue weighted by molar-refractivity contribution is -0.138. The van der Waals surface area contributed by atoms with Crippen molar-refractivity contribution < 1.29 is 9.53 Å². The van der Waals surface area contributed by atoms with E-state index in [-0.39, 0.29) is 12.0 Å². The number of esters is 1. The first kappa shape index (κ1) is 18.2. The molecule has 0 radical (unpaired) electrons. The van der Waals surface area contributed by atoms with E-state index in [1.54, 1.807) is 0 Å². The zero-order chi connectivity index (χ0) is 14.3. The van der Waals surface area contributed by atoms with Crippen LogP contribution in [0.5, 0.6) is 0 Å². The Balaban J connectivity index is 3.72. The lowest BCUT2D eigenvalue weighted by Gasteiger charge is -2.18. The van der Waals surface area contributed by atoms with E-state index in [1.165, 1.54) is 51.0 Å². The highest BCUT2D eigenvalue weighted by atomic mass is 16.5. The van der Waals surface area contributed by atoms with Gasteiger partial charge in [0.05, 0.1) is 0 Å². The summed E-state index contributed by atoms with van der Waals surface area (Å²) in [6, 6.07) is 0.287. The normalized spacial score (nSPS) is 12.1. The zero-order valence-corrected chi connectivity index (χ0v) is 12.7. The molecule has 1 N–H and O–H groups in total. The third kappa shape index (κ3) is 12.0. The predicted octanol–water partition coefficient (Wildman–Crippen LogP) is 3.83. The summed E-state index contributed by atoms with van der Waals surface area (Å²) in [5.74, 6) is -0.328. The smallest absolute Gasteiger partial charge is 0.330 e. The summed E-state index contributed by atoms with van der Waals surface area (Å²) >= 11 is 0. The molecule has 0 spiro atoms. The summed E-state index contributed by atoms with van der Waals surface area (Å²) in [6.45, 7) is 9.29. The van der Waals surface area contributed by atoms with Crippen LogP contribution in [0.2, 0.25) is 0 Å². The van der Waals surface area contributed by atoms with Gasteiger partial charge in [0.15, 0.2) is 0 Å². The van der Waals surface area contributed by atoms with Crippen LogP contribution in [0.15, 0.2) is 12.7 Å². The van der Waals surface area contributed by atoms with Crippen LogP contribution in [0.3, 0.4) is 0 Å². The highest BCUT2D eigenvalue weighted by Gasteiger charge is 2.09. The van der Waals surface area contributed by atoms with Crippen LogP contribution in [-0.2, 0) is 9.53 Å². The maximum Gasteiger partial charge on any atom is 0.330 e. The Bertz CT molecular complexity index is 229. The minimum Gasteiger partial charge on any atom is -0.461 e. The number of ether oxygens (including phenoxy) is 1. The number of carbonyl (C=O) groups excluding carboxylic acids is 1. The first-order chi connectivity index (χ1) is 9.24. The standard InChI is InChI=1S/C16H31NO2/c1-4-7-9-10-11-13-17-15(12-8-5-2)14-19-16(18)6-3/h6,15,17H,3-5,7-14H2,1-2H3. The maximum atomic E-state index is 11.1. The largest absolute Gasteiger partial charge is 0.461 e. The number of hydrogen-bond donors (Lipinski definition) is 1. The van der Waals surface area contributed by atoms with Gasteiger partial charge >= 0.3 is 5.97 Å². The first-order valence-corrected chi connectivity index (χ1v) is 7.77. The lowest BCUT2D eigenvalue weighted by atomic mass is 10.1. The molecular formula is C16H31NO2. The summed E-state index contributed by atoms with van der Waals surface area (Å²) in [6.07, 6.45) is 11.1. The van der Waals surface area contributed by atoms with Crippen molar-refractivity contribution in [3.63, 3.8) is 0 Å². The molecule has 1 unspecified atom stereocenters. The fourth-order valence-electron chi connectivity index (χ4n) is 1.97. The highest BCUT2D eigenvalue weighted by Crippen LogP contribution is 2.04. The van der Waals surface area contributed by atoms with Gasteiger partial charge < -0.3 is 10.1 Å². The summed E-state index contributed by atoms with van der Waals surface area (Å²) < 4.78 is 5.13.